The number of fused-ring (bicyclic) bond motifs is 1. The molecule has 0 aromatic heterocycles. The number of carbonyl (C=O) groups excluding carboxylic acids is 1. The quantitative estimate of drug-likeness (QED) is 0.561. The SMILES string of the molecule is C=C1CC[C@H](O)C/C1=C/C=C1\CCC[C@]2(C)[C@@H]([C@H](C)C[C@H](O)C(=O)C(C)(C)O)CC[C@@H]12. The van der Waals surface area contributed by atoms with Gasteiger partial charge in [-0.15, -0.1) is 0 Å². The lowest BCUT2D eigenvalue weighted by molar-refractivity contribution is -0.144. The lowest BCUT2D eigenvalue weighted by Crippen LogP contribution is -2.42. The highest BCUT2D eigenvalue weighted by molar-refractivity contribution is 5.89. The van der Waals surface area contributed by atoms with Crippen LogP contribution in [0.25, 0.3) is 0 Å². The van der Waals surface area contributed by atoms with Crippen LogP contribution in [0.15, 0.2) is 35.5 Å². The molecular weight excluding hydrogens is 388 g/mol. The van der Waals surface area contributed by atoms with Gasteiger partial charge in [-0.25, -0.2) is 0 Å². The van der Waals surface area contributed by atoms with Crippen molar-refractivity contribution in [2.24, 2.45) is 23.2 Å². The second-order valence-corrected chi connectivity index (χ2v) is 11.2. The van der Waals surface area contributed by atoms with E-state index in [-0.39, 0.29) is 17.4 Å². The number of allylic oxidation sites excluding steroid dienone is 4. The Morgan fingerprint density at radius 1 is 1.26 bits per heavy atom. The van der Waals surface area contributed by atoms with E-state index in [2.05, 4.69) is 32.6 Å². The molecule has 0 amide bonds. The van der Waals surface area contributed by atoms with Crippen molar-refractivity contribution in [3.8, 4) is 0 Å². The standard InChI is InChI=1S/C27H42O4/c1-17-8-11-21(28)16-20(17)10-9-19-7-6-14-27(5)22(12-13-23(19)27)18(2)15-24(29)25(30)26(3,4)31/h9-10,18,21-24,28-29,31H,1,6-8,11-16H2,2-5H3/b19-9+,20-10-/t18-,21+,22-,23+,24+,27-/m1/s1. The lowest BCUT2D eigenvalue weighted by Gasteiger charge is -2.44. The van der Waals surface area contributed by atoms with Crippen LogP contribution >= 0.6 is 0 Å². The minimum absolute atomic E-state index is 0.183. The van der Waals surface area contributed by atoms with E-state index in [4.69, 9.17) is 0 Å². The largest absolute Gasteiger partial charge is 0.393 e. The monoisotopic (exact) mass is 430 g/mol. The van der Waals surface area contributed by atoms with E-state index in [1.807, 2.05) is 0 Å². The number of ketones is 1. The Morgan fingerprint density at radius 3 is 2.65 bits per heavy atom. The Bertz CT molecular complexity index is 756. The minimum Gasteiger partial charge on any atom is -0.393 e. The minimum atomic E-state index is -1.49. The summed E-state index contributed by atoms with van der Waals surface area (Å²) in [5.74, 6) is 0.742. The molecule has 3 N–H and O–H groups in total. The third-order valence-corrected chi connectivity index (χ3v) is 8.41. The first-order valence-corrected chi connectivity index (χ1v) is 12.1. The van der Waals surface area contributed by atoms with Crippen LogP contribution in [0.4, 0.5) is 0 Å². The van der Waals surface area contributed by atoms with Crippen molar-refractivity contribution < 1.29 is 20.1 Å². The highest BCUT2D eigenvalue weighted by Gasteiger charge is 2.51. The highest BCUT2D eigenvalue weighted by Crippen LogP contribution is 2.59. The number of hydrogen-bond donors (Lipinski definition) is 3. The van der Waals surface area contributed by atoms with Gasteiger partial charge in [-0.05, 0) is 100 Å². The smallest absolute Gasteiger partial charge is 0.192 e. The van der Waals surface area contributed by atoms with Gasteiger partial charge in [-0.3, -0.25) is 4.79 Å². The number of rotatable bonds is 6. The summed E-state index contributed by atoms with van der Waals surface area (Å²) < 4.78 is 0. The zero-order valence-corrected chi connectivity index (χ0v) is 19.9. The summed E-state index contributed by atoms with van der Waals surface area (Å²) in [5, 5.41) is 30.4. The Kier molecular flexibility index (Phi) is 7.35. The van der Waals surface area contributed by atoms with Gasteiger partial charge in [0.1, 0.15) is 11.7 Å². The molecule has 0 unspecified atom stereocenters. The van der Waals surface area contributed by atoms with Gasteiger partial charge in [0.05, 0.1) is 6.10 Å². The van der Waals surface area contributed by atoms with Crippen molar-refractivity contribution in [2.45, 2.75) is 103 Å². The Morgan fingerprint density at radius 2 is 1.97 bits per heavy atom. The Balaban J connectivity index is 1.73. The maximum Gasteiger partial charge on any atom is 0.192 e. The third-order valence-electron chi connectivity index (χ3n) is 8.41. The van der Waals surface area contributed by atoms with Crippen molar-refractivity contribution >= 4 is 5.78 Å². The molecule has 0 aromatic carbocycles. The molecule has 0 aliphatic heterocycles. The van der Waals surface area contributed by atoms with Crippen LogP contribution in [0.1, 0.15) is 85.5 Å². The first kappa shape index (κ1) is 24.4. The predicted octanol–water partition coefficient (Wildman–Crippen LogP) is 4.88. The van der Waals surface area contributed by atoms with Gasteiger partial charge in [0.2, 0.25) is 0 Å². The van der Waals surface area contributed by atoms with Crippen LogP contribution in [-0.4, -0.2) is 38.9 Å². The van der Waals surface area contributed by atoms with Gasteiger partial charge in [0.15, 0.2) is 5.78 Å². The predicted molar refractivity (Wildman–Crippen MR) is 124 cm³/mol. The van der Waals surface area contributed by atoms with Gasteiger partial charge in [-0.2, -0.15) is 0 Å². The van der Waals surface area contributed by atoms with E-state index in [1.54, 1.807) is 0 Å². The highest BCUT2D eigenvalue weighted by atomic mass is 16.3. The van der Waals surface area contributed by atoms with Crippen molar-refractivity contribution in [3.05, 3.63) is 35.5 Å². The number of hydrogen-bond acceptors (Lipinski definition) is 4. The summed E-state index contributed by atoms with van der Waals surface area (Å²) in [6.07, 6.45) is 11.7. The van der Waals surface area contributed by atoms with E-state index in [0.717, 1.165) is 37.7 Å². The molecule has 0 saturated heterocycles. The maximum absolute atomic E-state index is 12.3. The molecule has 4 heteroatoms. The molecule has 31 heavy (non-hydrogen) atoms. The second-order valence-electron chi connectivity index (χ2n) is 11.2. The summed E-state index contributed by atoms with van der Waals surface area (Å²) in [4.78, 5) is 12.3. The molecule has 0 bridgehead atoms. The van der Waals surface area contributed by atoms with Crippen LogP contribution in [0.3, 0.4) is 0 Å². The molecule has 0 heterocycles. The normalized spacial score (nSPS) is 36.5. The van der Waals surface area contributed by atoms with E-state index in [9.17, 15) is 20.1 Å². The molecule has 3 rings (SSSR count). The summed E-state index contributed by atoms with van der Waals surface area (Å²) in [7, 11) is 0. The fourth-order valence-corrected chi connectivity index (χ4v) is 6.64. The zero-order chi connectivity index (χ0) is 23.0. The summed E-state index contributed by atoms with van der Waals surface area (Å²) in [6, 6.07) is 0. The van der Waals surface area contributed by atoms with Gasteiger partial charge in [-0.1, -0.05) is 43.7 Å². The van der Waals surface area contributed by atoms with E-state index < -0.39 is 17.5 Å². The van der Waals surface area contributed by atoms with Crippen molar-refractivity contribution in [3.63, 3.8) is 0 Å². The summed E-state index contributed by atoms with van der Waals surface area (Å²) in [5.41, 5.74) is 2.55. The molecular formula is C27H42O4. The van der Waals surface area contributed by atoms with E-state index in [0.29, 0.717) is 24.7 Å². The van der Waals surface area contributed by atoms with Crippen LogP contribution < -0.4 is 0 Å². The molecule has 0 radical (unpaired) electrons. The summed E-state index contributed by atoms with van der Waals surface area (Å²) in [6.45, 7) is 11.6. The van der Waals surface area contributed by atoms with Gasteiger partial charge in [0, 0.05) is 0 Å². The van der Waals surface area contributed by atoms with Crippen LogP contribution in [0.2, 0.25) is 0 Å². The molecule has 3 aliphatic rings. The van der Waals surface area contributed by atoms with Gasteiger partial charge in [0.25, 0.3) is 0 Å². The molecule has 3 fully saturated rings. The summed E-state index contributed by atoms with van der Waals surface area (Å²) >= 11 is 0. The Labute approximate surface area is 188 Å². The number of aliphatic hydroxyl groups is 3. The molecule has 6 atom stereocenters. The first-order chi connectivity index (χ1) is 14.4. The zero-order valence-electron chi connectivity index (χ0n) is 19.9. The third kappa shape index (κ3) is 5.23. The Hall–Kier alpha value is -1.23. The number of Topliss-reactive ketones (excluding diaryl/α,β-unsaturated/α-hetero) is 1. The molecule has 0 aromatic rings. The average Bonchev–Trinajstić information content (AvgIpc) is 3.04. The average molecular weight is 431 g/mol. The van der Waals surface area contributed by atoms with Gasteiger partial charge < -0.3 is 15.3 Å². The number of carbonyl (C=O) groups is 1. The molecule has 174 valence electrons. The lowest BCUT2D eigenvalue weighted by atomic mass is 9.60. The number of aliphatic hydroxyl groups excluding tert-OH is 2. The van der Waals surface area contributed by atoms with Crippen molar-refractivity contribution in [1.29, 1.82) is 0 Å². The first-order valence-electron chi connectivity index (χ1n) is 12.1. The van der Waals surface area contributed by atoms with Gasteiger partial charge >= 0.3 is 0 Å². The van der Waals surface area contributed by atoms with E-state index >= 15 is 0 Å². The van der Waals surface area contributed by atoms with Crippen molar-refractivity contribution in [1.82, 2.24) is 0 Å². The molecule has 3 aliphatic carbocycles. The fraction of sp³-hybridized carbons (Fsp3) is 0.741. The second kappa shape index (κ2) is 9.33. The molecule has 0 spiro atoms. The van der Waals surface area contributed by atoms with Crippen LogP contribution in [-0.2, 0) is 4.79 Å². The van der Waals surface area contributed by atoms with E-state index in [1.165, 1.54) is 37.8 Å². The fourth-order valence-electron chi connectivity index (χ4n) is 6.64. The topological polar surface area (TPSA) is 77.8 Å². The van der Waals surface area contributed by atoms with Crippen LogP contribution in [0.5, 0.6) is 0 Å². The van der Waals surface area contributed by atoms with Crippen LogP contribution in [0, 0.1) is 23.2 Å². The molecule has 4 nitrogen and oxygen atoms in total. The van der Waals surface area contributed by atoms with Crippen molar-refractivity contribution in [2.75, 3.05) is 0 Å². The molecule has 3 saturated carbocycles. The maximum atomic E-state index is 12.3.